The van der Waals surface area contributed by atoms with Crippen molar-refractivity contribution in [2.24, 2.45) is 11.7 Å². The van der Waals surface area contributed by atoms with E-state index in [9.17, 15) is 9.59 Å². The fraction of sp³-hybridized carbons (Fsp3) is 0.692. The number of carbonyl (C=O) groups excluding carboxylic acids is 2. The lowest BCUT2D eigenvalue weighted by Crippen LogP contribution is -2.54. The van der Waals surface area contributed by atoms with Crippen LogP contribution in [0.1, 0.15) is 52.0 Å². The summed E-state index contributed by atoms with van der Waals surface area (Å²) < 4.78 is 22.0. The number of methoxy groups -OCH3 is 2. The number of nitrogens with zero attached hydrogens (tertiary/aromatic N) is 2. The van der Waals surface area contributed by atoms with E-state index in [4.69, 9.17) is 24.7 Å². The van der Waals surface area contributed by atoms with E-state index in [-0.39, 0.29) is 23.9 Å². The van der Waals surface area contributed by atoms with Crippen LogP contribution in [-0.4, -0.2) is 80.0 Å². The van der Waals surface area contributed by atoms with Gasteiger partial charge in [-0.1, -0.05) is 0 Å². The smallest absolute Gasteiger partial charge is 0.410 e. The third-order valence-electron chi connectivity index (χ3n) is 6.04. The Morgan fingerprint density at radius 1 is 1.09 bits per heavy atom. The molecule has 0 unspecified atom stereocenters. The molecule has 0 aromatic heterocycles. The lowest BCUT2D eigenvalue weighted by Gasteiger charge is -2.38. The molecule has 1 saturated heterocycles. The molecule has 35 heavy (non-hydrogen) atoms. The summed E-state index contributed by atoms with van der Waals surface area (Å²) in [4.78, 5) is 29.8. The standard InChI is InChI=1S/C26H41N3O6/c1-26(2,3)35-25(31)28-16-19(13-20(27)17-28)24(30)29(21-7-8-21)15-18-11-22(33-5)14-23(12-18)34-10-6-9-32-4/h11-12,14,19-21H,6-10,13,15-17,27H2,1-5H3/t19-,20-/m0/s1. The van der Waals surface area contributed by atoms with Crippen molar-refractivity contribution < 1.29 is 28.5 Å². The summed E-state index contributed by atoms with van der Waals surface area (Å²) >= 11 is 0. The van der Waals surface area contributed by atoms with Gasteiger partial charge in [-0.25, -0.2) is 4.79 Å². The molecule has 1 saturated carbocycles. The molecule has 0 bridgehead atoms. The lowest BCUT2D eigenvalue weighted by atomic mass is 9.93. The van der Waals surface area contributed by atoms with Crippen molar-refractivity contribution >= 4 is 12.0 Å². The summed E-state index contributed by atoms with van der Waals surface area (Å²) in [5, 5.41) is 0. The van der Waals surface area contributed by atoms with Crippen LogP contribution in [0.25, 0.3) is 0 Å². The molecule has 1 aliphatic heterocycles. The third-order valence-corrected chi connectivity index (χ3v) is 6.04. The molecule has 1 aromatic carbocycles. The number of piperidine rings is 1. The molecule has 0 radical (unpaired) electrons. The van der Waals surface area contributed by atoms with Gasteiger partial charge in [-0.15, -0.1) is 0 Å². The molecule has 2 amide bonds. The fourth-order valence-electron chi connectivity index (χ4n) is 4.31. The number of likely N-dealkylation sites (tertiary alicyclic amines) is 1. The van der Waals surface area contributed by atoms with Gasteiger partial charge in [0, 0.05) is 57.9 Å². The molecule has 9 heteroatoms. The van der Waals surface area contributed by atoms with Crippen LogP contribution in [0, 0.1) is 5.92 Å². The fourth-order valence-corrected chi connectivity index (χ4v) is 4.31. The van der Waals surface area contributed by atoms with E-state index < -0.39 is 11.7 Å². The molecule has 2 N–H and O–H groups in total. The SMILES string of the molecule is COCCCOc1cc(CN(C(=O)[C@H]2C[C@H](N)CN(C(=O)OC(C)(C)C)C2)C2CC2)cc(OC)c1. The van der Waals surface area contributed by atoms with Gasteiger partial charge < -0.3 is 34.5 Å². The first kappa shape index (κ1) is 27.1. The first-order chi connectivity index (χ1) is 16.6. The average molecular weight is 492 g/mol. The van der Waals surface area contributed by atoms with Gasteiger partial charge >= 0.3 is 6.09 Å². The van der Waals surface area contributed by atoms with E-state index in [1.807, 2.05) is 43.9 Å². The number of nitrogens with two attached hydrogens (primary N) is 1. The van der Waals surface area contributed by atoms with Crippen molar-refractivity contribution in [3.63, 3.8) is 0 Å². The van der Waals surface area contributed by atoms with Crippen molar-refractivity contribution in [1.29, 1.82) is 0 Å². The van der Waals surface area contributed by atoms with Gasteiger partial charge in [0.1, 0.15) is 17.1 Å². The topological polar surface area (TPSA) is 104 Å². The molecule has 1 aromatic rings. The highest BCUT2D eigenvalue weighted by Gasteiger charge is 2.40. The highest BCUT2D eigenvalue weighted by Crippen LogP contribution is 2.33. The van der Waals surface area contributed by atoms with Crippen LogP contribution in [0.2, 0.25) is 0 Å². The Labute approximate surface area is 208 Å². The van der Waals surface area contributed by atoms with Crippen LogP contribution in [0.5, 0.6) is 11.5 Å². The second kappa shape index (κ2) is 11.9. The maximum atomic E-state index is 13.7. The summed E-state index contributed by atoms with van der Waals surface area (Å²) in [7, 11) is 3.28. The zero-order valence-electron chi connectivity index (χ0n) is 21.7. The number of ether oxygens (including phenoxy) is 4. The van der Waals surface area contributed by atoms with Crippen molar-refractivity contribution in [2.75, 3.05) is 40.5 Å². The van der Waals surface area contributed by atoms with E-state index >= 15 is 0 Å². The second-order valence-corrected chi connectivity index (χ2v) is 10.5. The number of hydrogen-bond acceptors (Lipinski definition) is 7. The predicted molar refractivity (Wildman–Crippen MR) is 132 cm³/mol. The third kappa shape index (κ3) is 8.28. The van der Waals surface area contributed by atoms with Crippen molar-refractivity contribution in [1.82, 2.24) is 9.80 Å². The summed E-state index contributed by atoms with van der Waals surface area (Å²) in [6.07, 6.45) is 2.86. The number of benzene rings is 1. The molecule has 1 aliphatic carbocycles. The Kier molecular flexibility index (Phi) is 9.24. The summed E-state index contributed by atoms with van der Waals surface area (Å²) in [6, 6.07) is 5.67. The van der Waals surface area contributed by atoms with Gasteiger partial charge in [0.2, 0.25) is 5.91 Å². The quantitative estimate of drug-likeness (QED) is 0.501. The van der Waals surface area contributed by atoms with Gasteiger partial charge in [0.25, 0.3) is 0 Å². The molecular formula is C26H41N3O6. The molecular weight excluding hydrogens is 450 g/mol. The molecule has 3 rings (SSSR count). The summed E-state index contributed by atoms with van der Waals surface area (Å²) in [5.41, 5.74) is 6.60. The van der Waals surface area contributed by atoms with Crippen LogP contribution in [0.3, 0.4) is 0 Å². The van der Waals surface area contributed by atoms with Gasteiger partial charge in [0.15, 0.2) is 0 Å². The van der Waals surface area contributed by atoms with Crippen LogP contribution in [-0.2, 0) is 20.8 Å². The Balaban J connectivity index is 1.71. The Morgan fingerprint density at radius 3 is 2.43 bits per heavy atom. The zero-order valence-corrected chi connectivity index (χ0v) is 21.7. The minimum Gasteiger partial charge on any atom is -0.497 e. The van der Waals surface area contributed by atoms with Gasteiger partial charge in [0.05, 0.1) is 19.6 Å². The van der Waals surface area contributed by atoms with E-state index in [2.05, 4.69) is 0 Å². The van der Waals surface area contributed by atoms with Gasteiger partial charge in [-0.2, -0.15) is 0 Å². The Morgan fingerprint density at radius 2 is 1.80 bits per heavy atom. The Hall–Kier alpha value is -2.52. The highest BCUT2D eigenvalue weighted by molar-refractivity contribution is 5.81. The van der Waals surface area contributed by atoms with Gasteiger partial charge in [-0.3, -0.25) is 4.79 Å². The monoisotopic (exact) mass is 491 g/mol. The van der Waals surface area contributed by atoms with Crippen LogP contribution in [0.4, 0.5) is 4.79 Å². The minimum atomic E-state index is -0.603. The number of rotatable bonds is 10. The van der Waals surface area contributed by atoms with E-state index in [1.54, 1.807) is 19.1 Å². The molecule has 2 fully saturated rings. The second-order valence-electron chi connectivity index (χ2n) is 10.5. The lowest BCUT2D eigenvalue weighted by molar-refractivity contribution is -0.138. The first-order valence-electron chi connectivity index (χ1n) is 12.4. The molecule has 196 valence electrons. The van der Waals surface area contributed by atoms with Crippen molar-refractivity contribution in [2.45, 2.75) is 70.7 Å². The minimum absolute atomic E-state index is 0.0293. The normalized spacial score (nSPS) is 20.3. The molecule has 9 nitrogen and oxygen atoms in total. The van der Waals surface area contributed by atoms with Gasteiger partial charge in [-0.05, 0) is 57.7 Å². The Bertz CT molecular complexity index is 867. The van der Waals surface area contributed by atoms with E-state index in [1.165, 1.54) is 0 Å². The molecule has 2 aliphatic rings. The first-order valence-corrected chi connectivity index (χ1v) is 12.4. The highest BCUT2D eigenvalue weighted by atomic mass is 16.6. The maximum Gasteiger partial charge on any atom is 0.410 e. The van der Waals surface area contributed by atoms with E-state index in [0.717, 1.165) is 24.8 Å². The van der Waals surface area contributed by atoms with Crippen LogP contribution < -0.4 is 15.2 Å². The largest absolute Gasteiger partial charge is 0.497 e. The van der Waals surface area contributed by atoms with Crippen molar-refractivity contribution in [3.05, 3.63) is 23.8 Å². The number of hydrogen-bond donors (Lipinski definition) is 1. The zero-order chi connectivity index (χ0) is 25.6. The van der Waals surface area contributed by atoms with Crippen LogP contribution >= 0.6 is 0 Å². The predicted octanol–water partition coefficient (Wildman–Crippen LogP) is 3.19. The molecule has 0 spiro atoms. The van der Waals surface area contributed by atoms with E-state index in [0.29, 0.717) is 50.8 Å². The maximum absolute atomic E-state index is 13.7. The van der Waals surface area contributed by atoms with Crippen molar-refractivity contribution in [3.8, 4) is 11.5 Å². The number of carbonyl (C=O) groups is 2. The summed E-state index contributed by atoms with van der Waals surface area (Å²) in [5.74, 6) is 1.06. The molecule has 2 atom stereocenters. The molecule has 1 heterocycles. The van der Waals surface area contributed by atoms with Crippen LogP contribution in [0.15, 0.2) is 18.2 Å². The summed E-state index contributed by atoms with van der Waals surface area (Å²) in [6.45, 7) is 7.81. The average Bonchev–Trinajstić information content (AvgIpc) is 3.63. The number of amides is 2.